The van der Waals surface area contributed by atoms with Crippen LogP contribution in [0.15, 0.2) is 0 Å². The Labute approximate surface area is 114 Å². The zero-order valence-corrected chi connectivity index (χ0v) is 12.1. The van der Waals surface area contributed by atoms with E-state index in [1.54, 1.807) is 4.90 Å². The minimum absolute atomic E-state index is 0.0175. The number of carboxylic acid groups (broad SMARTS) is 1. The van der Waals surface area contributed by atoms with Gasteiger partial charge in [0.25, 0.3) is 0 Å². The van der Waals surface area contributed by atoms with Crippen LogP contribution in [-0.4, -0.2) is 52.9 Å². The van der Waals surface area contributed by atoms with Crippen molar-refractivity contribution in [1.29, 1.82) is 0 Å². The van der Waals surface area contributed by atoms with Crippen molar-refractivity contribution in [2.75, 3.05) is 19.7 Å². The number of aliphatic hydroxyl groups is 1. The highest BCUT2D eigenvalue weighted by Crippen LogP contribution is 2.10. The molecule has 0 rings (SSSR count). The molecule has 0 saturated heterocycles. The van der Waals surface area contributed by atoms with Crippen LogP contribution >= 0.6 is 0 Å². The standard InChI is InChI=1S/C13H26N2O4/c1-4-10(5-2)9-15(6-3)13(19)14-11(7-8-16)12(17)18/h10-11,16H,4-9H2,1-3H3,(H,14,19)(H,17,18). The van der Waals surface area contributed by atoms with Crippen molar-refractivity contribution in [1.82, 2.24) is 10.2 Å². The van der Waals surface area contributed by atoms with Gasteiger partial charge in [-0.3, -0.25) is 0 Å². The predicted molar refractivity (Wildman–Crippen MR) is 73.0 cm³/mol. The number of hydrogen-bond acceptors (Lipinski definition) is 3. The summed E-state index contributed by atoms with van der Waals surface area (Å²) in [7, 11) is 0. The van der Waals surface area contributed by atoms with Gasteiger partial charge in [0, 0.05) is 26.1 Å². The molecule has 1 atom stereocenters. The number of rotatable bonds is 9. The molecule has 112 valence electrons. The van der Waals surface area contributed by atoms with Crippen molar-refractivity contribution in [3.8, 4) is 0 Å². The van der Waals surface area contributed by atoms with E-state index in [0.717, 1.165) is 12.8 Å². The normalized spacial score (nSPS) is 12.3. The molecule has 19 heavy (non-hydrogen) atoms. The number of carboxylic acids is 1. The van der Waals surface area contributed by atoms with Crippen LogP contribution in [0.4, 0.5) is 4.79 Å². The summed E-state index contributed by atoms with van der Waals surface area (Å²) in [4.78, 5) is 24.5. The topological polar surface area (TPSA) is 89.9 Å². The molecule has 0 bridgehead atoms. The first kappa shape index (κ1) is 17.7. The van der Waals surface area contributed by atoms with Gasteiger partial charge in [0.15, 0.2) is 0 Å². The fourth-order valence-corrected chi connectivity index (χ4v) is 1.84. The Kier molecular flexibility index (Phi) is 8.95. The second kappa shape index (κ2) is 9.61. The highest BCUT2D eigenvalue weighted by molar-refractivity contribution is 5.82. The largest absolute Gasteiger partial charge is 0.480 e. The van der Waals surface area contributed by atoms with Crippen molar-refractivity contribution in [2.24, 2.45) is 5.92 Å². The zero-order chi connectivity index (χ0) is 14.8. The number of aliphatic hydroxyl groups excluding tert-OH is 1. The number of aliphatic carboxylic acids is 1. The van der Waals surface area contributed by atoms with E-state index in [4.69, 9.17) is 10.2 Å². The van der Waals surface area contributed by atoms with Gasteiger partial charge in [0.2, 0.25) is 0 Å². The molecule has 0 heterocycles. The van der Waals surface area contributed by atoms with Crippen molar-refractivity contribution >= 4 is 12.0 Å². The van der Waals surface area contributed by atoms with E-state index in [2.05, 4.69) is 19.2 Å². The van der Waals surface area contributed by atoms with Gasteiger partial charge in [0.1, 0.15) is 6.04 Å². The highest BCUT2D eigenvalue weighted by Gasteiger charge is 2.23. The molecule has 1 unspecified atom stereocenters. The lowest BCUT2D eigenvalue weighted by molar-refractivity contribution is -0.139. The maximum Gasteiger partial charge on any atom is 0.326 e. The van der Waals surface area contributed by atoms with E-state index in [9.17, 15) is 9.59 Å². The molecule has 2 amide bonds. The minimum atomic E-state index is -1.12. The van der Waals surface area contributed by atoms with Crippen LogP contribution in [0.1, 0.15) is 40.0 Å². The first-order valence-corrected chi connectivity index (χ1v) is 6.89. The number of amides is 2. The summed E-state index contributed by atoms with van der Waals surface area (Å²) in [6.45, 7) is 6.91. The molecule has 0 aliphatic heterocycles. The van der Waals surface area contributed by atoms with Crippen molar-refractivity contribution in [2.45, 2.75) is 46.1 Å². The van der Waals surface area contributed by atoms with Gasteiger partial charge in [-0.1, -0.05) is 26.7 Å². The van der Waals surface area contributed by atoms with E-state index >= 15 is 0 Å². The molecule has 0 aliphatic rings. The zero-order valence-electron chi connectivity index (χ0n) is 12.1. The van der Waals surface area contributed by atoms with Gasteiger partial charge in [-0.25, -0.2) is 9.59 Å². The number of nitrogens with one attached hydrogen (secondary N) is 1. The first-order valence-electron chi connectivity index (χ1n) is 6.89. The predicted octanol–water partition coefficient (Wildman–Crippen LogP) is 1.29. The SMILES string of the molecule is CCC(CC)CN(CC)C(=O)NC(CCO)C(=O)O. The molecule has 0 aliphatic carbocycles. The molecule has 0 saturated carbocycles. The summed E-state index contributed by atoms with van der Waals surface area (Å²) in [6, 6.07) is -1.41. The van der Waals surface area contributed by atoms with Crippen LogP contribution in [0.25, 0.3) is 0 Å². The van der Waals surface area contributed by atoms with Crippen LogP contribution in [0, 0.1) is 5.92 Å². The van der Waals surface area contributed by atoms with Gasteiger partial charge in [0.05, 0.1) is 0 Å². The highest BCUT2D eigenvalue weighted by atomic mass is 16.4. The molecule has 3 N–H and O–H groups in total. The van der Waals surface area contributed by atoms with E-state index in [-0.39, 0.29) is 19.1 Å². The summed E-state index contributed by atoms with van der Waals surface area (Å²) < 4.78 is 0. The molecule has 0 aromatic rings. The van der Waals surface area contributed by atoms with E-state index in [1.807, 2.05) is 6.92 Å². The molecule has 6 heteroatoms. The van der Waals surface area contributed by atoms with Gasteiger partial charge in [-0.15, -0.1) is 0 Å². The average molecular weight is 274 g/mol. The quantitative estimate of drug-likeness (QED) is 0.591. The summed E-state index contributed by atoms with van der Waals surface area (Å²) in [5.74, 6) is -0.701. The van der Waals surface area contributed by atoms with E-state index in [0.29, 0.717) is 19.0 Å². The molecule has 0 radical (unpaired) electrons. The smallest absolute Gasteiger partial charge is 0.326 e. The number of nitrogens with zero attached hydrogens (tertiary/aromatic N) is 1. The van der Waals surface area contributed by atoms with Crippen LogP contribution in [0.3, 0.4) is 0 Å². The molecular weight excluding hydrogens is 248 g/mol. The number of carbonyl (C=O) groups is 2. The lowest BCUT2D eigenvalue weighted by atomic mass is 10.0. The fourth-order valence-electron chi connectivity index (χ4n) is 1.84. The van der Waals surface area contributed by atoms with E-state index in [1.165, 1.54) is 0 Å². The Morgan fingerprint density at radius 2 is 1.79 bits per heavy atom. The Hall–Kier alpha value is -1.30. The lowest BCUT2D eigenvalue weighted by Gasteiger charge is -2.27. The van der Waals surface area contributed by atoms with Crippen LogP contribution in [0.5, 0.6) is 0 Å². The summed E-state index contributed by atoms with van der Waals surface area (Å²) >= 11 is 0. The lowest BCUT2D eigenvalue weighted by Crippen LogP contribution is -2.49. The average Bonchev–Trinajstić information content (AvgIpc) is 2.39. The third kappa shape index (κ3) is 6.42. The van der Waals surface area contributed by atoms with Crippen molar-refractivity contribution in [3.63, 3.8) is 0 Å². The van der Waals surface area contributed by atoms with Gasteiger partial charge < -0.3 is 20.4 Å². The van der Waals surface area contributed by atoms with Crippen LogP contribution in [-0.2, 0) is 4.79 Å². The molecule has 6 nitrogen and oxygen atoms in total. The Balaban J connectivity index is 4.52. The Bertz CT molecular complexity index is 280. The second-order valence-electron chi connectivity index (χ2n) is 4.57. The van der Waals surface area contributed by atoms with Crippen LogP contribution in [0.2, 0.25) is 0 Å². The summed E-state index contributed by atoms with van der Waals surface area (Å²) in [5, 5.41) is 20.2. The summed E-state index contributed by atoms with van der Waals surface area (Å²) in [5.41, 5.74) is 0. The maximum atomic E-state index is 12.0. The fraction of sp³-hybridized carbons (Fsp3) is 0.846. The molecule has 0 spiro atoms. The Morgan fingerprint density at radius 1 is 1.21 bits per heavy atom. The van der Waals surface area contributed by atoms with Crippen molar-refractivity contribution < 1.29 is 19.8 Å². The minimum Gasteiger partial charge on any atom is -0.480 e. The molecule has 0 fully saturated rings. The number of urea groups is 1. The van der Waals surface area contributed by atoms with Gasteiger partial charge in [-0.05, 0) is 12.8 Å². The molecule has 0 aromatic heterocycles. The third-order valence-corrected chi connectivity index (χ3v) is 3.32. The summed E-state index contributed by atoms with van der Waals surface area (Å²) in [6.07, 6.45) is 1.99. The van der Waals surface area contributed by atoms with Crippen LogP contribution < -0.4 is 5.32 Å². The Morgan fingerprint density at radius 3 is 2.16 bits per heavy atom. The van der Waals surface area contributed by atoms with Gasteiger partial charge >= 0.3 is 12.0 Å². The van der Waals surface area contributed by atoms with Crippen molar-refractivity contribution in [3.05, 3.63) is 0 Å². The molecule has 0 aromatic carbocycles. The number of hydrogen-bond donors (Lipinski definition) is 3. The van der Waals surface area contributed by atoms with E-state index < -0.39 is 12.0 Å². The third-order valence-electron chi connectivity index (χ3n) is 3.32. The first-order chi connectivity index (χ1) is 8.99. The molecular formula is C13H26N2O4. The maximum absolute atomic E-state index is 12.0. The second-order valence-corrected chi connectivity index (χ2v) is 4.57. The monoisotopic (exact) mass is 274 g/mol. The number of carbonyl (C=O) groups excluding carboxylic acids is 1. The van der Waals surface area contributed by atoms with Gasteiger partial charge in [-0.2, -0.15) is 0 Å².